The van der Waals surface area contributed by atoms with E-state index in [4.69, 9.17) is 0 Å². The van der Waals surface area contributed by atoms with Crippen LogP contribution in [0.3, 0.4) is 0 Å². The van der Waals surface area contributed by atoms with Crippen molar-refractivity contribution in [2.75, 3.05) is 11.4 Å². The average Bonchev–Trinajstić information content (AvgIpc) is 2.36. The van der Waals surface area contributed by atoms with Crippen molar-refractivity contribution in [2.45, 2.75) is 53.0 Å². The Morgan fingerprint density at radius 1 is 1.33 bits per heavy atom. The van der Waals surface area contributed by atoms with Crippen molar-refractivity contribution in [1.29, 1.82) is 0 Å². The van der Waals surface area contributed by atoms with E-state index in [1.54, 1.807) is 0 Å². The topological polar surface area (TPSA) is 40.5 Å². The number of hydrogen-bond acceptors (Lipinski definition) is 2. The zero-order chi connectivity index (χ0) is 15.6. The molecule has 1 fully saturated rings. The number of nitrogens with zero attached hydrogens (tertiary/aromatic N) is 1. The maximum absolute atomic E-state index is 11.3. The number of rotatable bonds is 4. The van der Waals surface area contributed by atoms with Gasteiger partial charge in [-0.3, -0.25) is 4.79 Å². The summed E-state index contributed by atoms with van der Waals surface area (Å²) in [4.78, 5) is 13.4. The molecule has 0 heterocycles. The number of carboxylic acids is 1. The summed E-state index contributed by atoms with van der Waals surface area (Å²) in [5.41, 5.74) is 2.60. The summed E-state index contributed by atoms with van der Waals surface area (Å²) in [7, 11) is 0. The monoisotopic (exact) mass is 289 g/mol. The minimum absolute atomic E-state index is 0.0818. The van der Waals surface area contributed by atoms with Crippen molar-refractivity contribution in [2.24, 2.45) is 11.3 Å². The highest BCUT2D eigenvalue weighted by atomic mass is 16.4. The molecule has 0 amide bonds. The molecule has 0 bridgehead atoms. The van der Waals surface area contributed by atoms with Gasteiger partial charge in [-0.2, -0.15) is 0 Å². The van der Waals surface area contributed by atoms with E-state index < -0.39 is 5.97 Å². The van der Waals surface area contributed by atoms with Crippen LogP contribution in [0.15, 0.2) is 24.3 Å². The number of carbonyl (C=O) groups is 1. The van der Waals surface area contributed by atoms with E-state index in [1.807, 2.05) is 12.1 Å². The molecule has 2 rings (SSSR count). The highest BCUT2D eigenvalue weighted by molar-refractivity contribution is 5.74. The van der Waals surface area contributed by atoms with E-state index in [1.165, 1.54) is 5.56 Å². The lowest BCUT2D eigenvalue weighted by atomic mass is 9.70. The molecule has 1 aromatic rings. The third-order valence-electron chi connectivity index (χ3n) is 4.72. The second-order valence-electron chi connectivity index (χ2n) is 7.31. The molecule has 0 spiro atoms. The van der Waals surface area contributed by atoms with Crippen molar-refractivity contribution in [1.82, 2.24) is 0 Å². The van der Waals surface area contributed by atoms with Gasteiger partial charge < -0.3 is 10.0 Å². The molecule has 0 aromatic heterocycles. The Balaban J connectivity index is 2.24. The first-order valence-electron chi connectivity index (χ1n) is 7.83. The number of anilines is 1. The normalized spacial score (nSPS) is 24.6. The molecule has 2 atom stereocenters. The van der Waals surface area contributed by atoms with Crippen LogP contribution in [-0.4, -0.2) is 23.7 Å². The van der Waals surface area contributed by atoms with Gasteiger partial charge in [-0.1, -0.05) is 38.5 Å². The van der Waals surface area contributed by atoms with Crippen LogP contribution in [0.2, 0.25) is 0 Å². The Bertz CT molecular complexity index is 492. The van der Waals surface area contributed by atoms with Crippen LogP contribution >= 0.6 is 0 Å². The lowest BCUT2D eigenvalue weighted by Crippen LogP contribution is -2.47. The number of aryl methyl sites for hydroxylation is 1. The Kier molecular flexibility index (Phi) is 4.60. The zero-order valence-corrected chi connectivity index (χ0v) is 13.6. The van der Waals surface area contributed by atoms with E-state index in [-0.39, 0.29) is 6.54 Å². The minimum Gasteiger partial charge on any atom is -0.480 e. The molecular formula is C18H27NO2. The summed E-state index contributed by atoms with van der Waals surface area (Å²) in [6.45, 7) is 9.02. The van der Waals surface area contributed by atoms with E-state index in [2.05, 4.69) is 44.7 Å². The van der Waals surface area contributed by atoms with Crippen LogP contribution in [0.5, 0.6) is 0 Å². The third-order valence-corrected chi connectivity index (χ3v) is 4.72. The Morgan fingerprint density at radius 2 is 1.95 bits per heavy atom. The maximum Gasteiger partial charge on any atom is 0.323 e. The number of carboxylic acid groups (broad SMARTS) is 1. The SMILES string of the molecule is Cc1ccc(N(CC(=O)O)C2CCC(C)(C)CC2C)cc1. The number of aliphatic carboxylic acids is 1. The van der Waals surface area contributed by atoms with Gasteiger partial charge in [0.25, 0.3) is 0 Å². The van der Waals surface area contributed by atoms with Crippen LogP contribution in [-0.2, 0) is 4.79 Å². The molecule has 3 nitrogen and oxygen atoms in total. The highest BCUT2D eigenvalue weighted by Gasteiger charge is 2.36. The summed E-state index contributed by atoms with van der Waals surface area (Å²) in [5, 5.41) is 9.28. The molecule has 2 unspecified atom stereocenters. The Labute approximate surface area is 128 Å². The van der Waals surface area contributed by atoms with Gasteiger partial charge in [0.2, 0.25) is 0 Å². The van der Waals surface area contributed by atoms with Gasteiger partial charge in [0.15, 0.2) is 0 Å². The Hall–Kier alpha value is -1.51. The van der Waals surface area contributed by atoms with E-state index >= 15 is 0 Å². The number of hydrogen-bond donors (Lipinski definition) is 1. The minimum atomic E-state index is -0.757. The summed E-state index contributed by atoms with van der Waals surface area (Å²) < 4.78 is 0. The molecule has 1 aromatic carbocycles. The van der Waals surface area contributed by atoms with Gasteiger partial charge >= 0.3 is 5.97 Å². The molecular weight excluding hydrogens is 262 g/mol. The molecule has 1 N–H and O–H groups in total. The third kappa shape index (κ3) is 3.99. The fourth-order valence-corrected chi connectivity index (χ4v) is 3.68. The summed E-state index contributed by atoms with van der Waals surface area (Å²) in [6, 6.07) is 8.52. The smallest absolute Gasteiger partial charge is 0.323 e. The van der Waals surface area contributed by atoms with Crippen molar-refractivity contribution in [3.8, 4) is 0 Å². The molecule has 116 valence electrons. The molecule has 1 aliphatic carbocycles. The highest BCUT2D eigenvalue weighted by Crippen LogP contribution is 2.41. The van der Waals surface area contributed by atoms with Gasteiger partial charge in [0, 0.05) is 11.7 Å². The fraction of sp³-hybridized carbons (Fsp3) is 0.611. The predicted octanol–water partition coefficient (Wildman–Crippen LogP) is 4.10. The molecule has 1 saturated carbocycles. The first-order valence-corrected chi connectivity index (χ1v) is 7.83. The first-order chi connectivity index (χ1) is 9.78. The largest absolute Gasteiger partial charge is 0.480 e. The van der Waals surface area contributed by atoms with Gasteiger partial charge in [0.1, 0.15) is 6.54 Å². The fourth-order valence-electron chi connectivity index (χ4n) is 3.68. The van der Waals surface area contributed by atoms with Crippen molar-refractivity contribution in [3.63, 3.8) is 0 Å². The second kappa shape index (κ2) is 6.08. The standard InChI is InChI=1S/C18H27NO2/c1-13-5-7-15(8-6-13)19(12-17(20)21)16-9-10-18(3,4)11-14(16)2/h5-8,14,16H,9-12H2,1-4H3,(H,20,21). The zero-order valence-electron chi connectivity index (χ0n) is 13.6. The van der Waals surface area contributed by atoms with Crippen LogP contribution in [0.4, 0.5) is 5.69 Å². The van der Waals surface area contributed by atoms with Crippen LogP contribution in [0.25, 0.3) is 0 Å². The van der Waals surface area contributed by atoms with Gasteiger partial charge in [-0.25, -0.2) is 0 Å². The van der Waals surface area contributed by atoms with E-state index in [0.717, 1.165) is 24.9 Å². The van der Waals surface area contributed by atoms with Crippen LogP contribution in [0.1, 0.15) is 45.6 Å². The summed E-state index contributed by atoms with van der Waals surface area (Å²) in [5.74, 6) is -0.248. The van der Waals surface area contributed by atoms with E-state index in [0.29, 0.717) is 17.4 Å². The van der Waals surface area contributed by atoms with Crippen molar-refractivity contribution in [3.05, 3.63) is 29.8 Å². The summed E-state index contributed by atoms with van der Waals surface area (Å²) >= 11 is 0. The quantitative estimate of drug-likeness (QED) is 0.907. The average molecular weight is 289 g/mol. The van der Waals surface area contributed by atoms with Crippen molar-refractivity contribution >= 4 is 11.7 Å². The Morgan fingerprint density at radius 3 is 2.48 bits per heavy atom. The second-order valence-corrected chi connectivity index (χ2v) is 7.31. The molecule has 3 heteroatoms. The number of benzene rings is 1. The molecule has 0 radical (unpaired) electrons. The van der Waals surface area contributed by atoms with Crippen LogP contribution in [0, 0.1) is 18.3 Å². The van der Waals surface area contributed by atoms with Gasteiger partial charge in [0.05, 0.1) is 0 Å². The molecule has 1 aliphatic rings. The molecule has 0 aliphatic heterocycles. The summed E-state index contributed by atoms with van der Waals surface area (Å²) in [6.07, 6.45) is 3.37. The van der Waals surface area contributed by atoms with Crippen LogP contribution < -0.4 is 4.90 Å². The predicted molar refractivity (Wildman–Crippen MR) is 86.7 cm³/mol. The molecule has 0 saturated heterocycles. The maximum atomic E-state index is 11.3. The van der Waals surface area contributed by atoms with Gasteiger partial charge in [-0.15, -0.1) is 0 Å². The molecule has 21 heavy (non-hydrogen) atoms. The van der Waals surface area contributed by atoms with Gasteiger partial charge in [-0.05, 0) is 49.7 Å². The van der Waals surface area contributed by atoms with E-state index in [9.17, 15) is 9.90 Å². The van der Waals surface area contributed by atoms with Crippen molar-refractivity contribution < 1.29 is 9.90 Å². The lowest BCUT2D eigenvalue weighted by molar-refractivity contribution is -0.135. The first kappa shape index (κ1) is 15.9. The lowest BCUT2D eigenvalue weighted by Gasteiger charge is -2.45.